The fourth-order valence-corrected chi connectivity index (χ4v) is 2.85. The number of hydrogen-bond acceptors (Lipinski definition) is 4. The van der Waals surface area contributed by atoms with Crippen LogP contribution in [0.3, 0.4) is 0 Å². The minimum Gasteiger partial charge on any atom is -0.319 e. The Labute approximate surface area is 158 Å². The van der Waals surface area contributed by atoms with Crippen LogP contribution in [0, 0.1) is 0 Å². The third kappa shape index (κ3) is 3.12. The molecule has 6 nitrogen and oxygen atoms in total. The summed E-state index contributed by atoms with van der Waals surface area (Å²) in [6.45, 7) is 0. The number of fused-ring (bicyclic) bond motifs is 1. The van der Waals surface area contributed by atoms with Gasteiger partial charge in [-0.25, -0.2) is 15.0 Å². The van der Waals surface area contributed by atoms with Crippen molar-refractivity contribution in [2.75, 3.05) is 5.32 Å². The number of benzene rings is 1. The van der Waals surface area contributed by atoms with Gasteiger partial charge in [0.15, 0.2) is 0 Å². The molecule has 4 aromatic rings. The van der Waals surface area contributed by atoms with Gasteiger partial charge < -0.3 is 5.32 Å². The number of carbonyl (C=O) groups is 1. The molecule has 0 fully saturated rings. The third-order valence-corrected chi connectivity index (χ3v) is 4.25. The summed E-state index contributed by atoms with van der Waals surface area (Å²) in [5.74, 6) is 0.232. The van der Waals surface area contributed by atoms with Gasteiger partial charge in [0.2, 0.25) is 0 Å². The highest BCUT2D eigenvalue weighted by molar-refractivity contribution is 6.35. The van der Waals surface area contributed by atoms with Gasteiger partial charge in [0.25, 0.3) is 5.91 Å². The zero-order valence-corrected chi connectivity index (χ0v) is 14.7. The number of amides is 1. The standard InChI is InChI=1S/C18H11Cl2N5O/c19-12-6-7-15(20)24-17(12)18(26)23-11-5-8-16(21-9-11)25-10-22-13-3-1-2-4-14(13)25/h1-10H,(H,23,26). The molecule has 0 aliphatic heterocycles. The van der Waals surface area contributed by atoms with Crippen molar-refractivity contribution in [3.63, 3.8) is 0 Å². The number of nitrogens with zero attached hydrogens (tertiary/aromatic N) is 4. The maximum atomic E-state index is 12.3. The second kappa shape index (κ2) is 6.74. The molecule has 0 unspecified atom stereocenters. The minimum atomic E-state index is -0.458. The number of nitrogens with one attached hydrogen (secondary N) is 1. The monoisotopic (exact) mass is 383 g/mol. The summed E-state index contributed by atoms with van der Waals surface area (Å²) in [4.78, 5) is 25.0. The molecule has 0 saturated carbocycles. The number of para-hydroxylation sites is 2. The van der Waals surface area contributed by atoms with Crippen molar-refractivity contribution in [3.05, 3.63) is 76.9 Å². The van der Waals surface area contributed by atoms with Crippen molar-refractivity contribution in [1.29, 1.82) is 0 Å². The highest BCUT2D eigenvalue weighted by Gasteiger charge is 2.13. The van der Waals surface area contributed by atoms with Gasteiger partial charge >= 0.3 is 0 Å². The Bertz CT molecular complexity index is 1110. The summed E-state index contributed by atoms with van der Waals surface area (Å²) in [7, 11) is 0. The lowest BCUT2D eigenvalue weighted by Crippen LogP contribution is -2.14. The van der Waals surface area contributed by atoms with Gasteiger partial charge in [0, 0.05) is 0 Å². The van der Waals surface area contributed by atoms with Crippen LogP contribution in [-0.4, -0.2) is 25.4 Å². The highest BCUT2D eigenvalue weighted by atomic mass is 35.5. The molecular weight excluding hydrogens is 373 g/mol. The van der Waals surface area contributed by atoms with Gasteiger partial charge in [-0.15, -0.1) is 0 Å². The van der Waals surface area contributed by atoms with Gasteiger partial charge in [-0.3, -0.25) is 9.36 Å². The Morgan fingerprint density at radius 2 is 1.85 bits per heavy atom. The molecule has 1 N–H and O–H groups in total. The van der Waals surface area contributed by atoms with E-state index < -0.39 is 5.91 Å². The van der Waals surface area contributed by atoms with Crippen molar-refractivity contribution >= 4 is 45.8 Å². The molecule has 26 heavy (non-hydrogen) atoms. The number of imidazole rings is 1. The molecule has 1 aromatic carbocycles. The lowest BCUT2D eigenvalue weighted by atomic mass is 10.3. The molecule has 0 bridgehead atoms. The normalized spacial score (nSPS) is 10.8. The average Bonchev–Trinajstić information content (AvgIpc) is 3.08. The van der Waals surface area contributed by atoms with Gasteiger partial charge in [0.05, 0.1) is 27.9 Å². The summed E-state index contributed by atoms with van der Waals surface area (Å²) in [6.07, 6.45) is 3.27. The Balaban J connectivity index is 1.58. The number of rotatable bonds is 3. The van der Waals surface area contributed by atoms with Crippen molar-refractivity contribution in [2.45, 2.75) is 0 Å². The first-order valence-electron chi connectivity index (χ1n) is 7.64. The predicted molar refractivity (Wildman–Crippen MR) is 101 cm³/mol. The molecule has 4 rings (SSSR count). The van der Waals surface area contributed by atoms with Crippen molar-refractivity contribution in [1.82, 2.24) is 19.5 Å². The average molecular weight is 384 g/mol. The number of hydrogen-bond donors (Lipinski definition) is 1. The molecule has 1 amide bonds. The van der Waals surface area contributed by atoms with E-state index in [1.165, 1.54) is 12.1 Å². The van der Waals surface area contributed by atoms with E-state index in [-0.39, 0.29) is 15.9 Å². The summed E-state index contributed by atoms with van der Waals surface area (Å²) < 4.78 is 1.87. The summed E-state index contributed by atoms with van der Waals surface area (Å²) >= 11 is 11.8. The summed E-state index contributed by atoms with van der Waals surface area (Å²) in [6, 6.07) is 14.3. The molecule has 3 heterocycles. The maximum absolute atomic E-state index is 12.3. The first-order chi connectivity index (χ1) is 12.6. The lowest BCUT2D eigenvalue weighted by molar-refractivity contribution is 0.102. The zero-order chi connectivity index (χ0) is 18.1. The van der Waals surface area contributed by atoms with Gasteiger partial charge in [-0.1, -0.05) is 35.3 Å². The second-order valence-electron chi connectivity index (χ2n) is 5.43. The first-order valence-corrected chi connectivity index (χ1v) is 8.39. The fourth-order valence-electron chi connectivity index (χ4n) is 2.51. The number of carbonyl (C=O) groups excluding carboxylic acids is 1. The van der Waals surface area contributed by atoms with Crippen molar-refractivity contribution in [2.24, 2.45) is 0 Å². The highest BCUT2D eigenvalue weighted by Crippen LogP contribution is 2.20. The molecular formula is C18H11Cl2N5O. The SMILES string of the molecule is O=C(Nc1ccc(-n2cnc3ccccc32)nc1)c1nc(Cl)ccc1Cl. The van der Waals surface area contributed by atoms with Crippen LogP contribution in [0.15, 0.2) is 61.1 Å². The Morgan fingerprint density at radius 1 is 1.00 bits per heavy atom. The number of aromatic nitrogens is 4. The van der Waals surface area contributed by atoms with E-state index in [1.807, 2.05) is 28.8 Å². The van der Waals surface area contributed by atoms with Gasteiger partial charge in [-0.2, -0.15) is 0 Å². The van der Waals surface area contributed by atoms with E-state index >= 15 is 0 Å². The van der Waals surface area contributed by atoms with E-state index in [4.69, 9.17) is 23.2 Å². The third-order valence-electron chi connectivity index (χ3n) is 3.73. The van der Waals surface area contributed by atoms with Crippen LogP contribution in [0.5, 0.6) is 0 Å². The molecule has 128 valence electrons. The molecule has 0 atom stereocenters. The molecule has 0 saturated heterocycles. The first kappa shape index (κ1) is 16.5. The van der Waals surface area contributed by atoms with E-state index in [0.29, 0.717) is 11.5 Å². The molecule has 0 spiro atoms. The van der Waals surface area contributed by atoms with Crippen molar-refractivity contribution < 1.29 is 4.79 Å². The lowest BCUT2D eigenvalue weighted by Gasteiger charge is -2.08. The number of anilines is 1. The van der Waals surface area contributed by atoms with Crippen LogP contribution < -0.4 is 5.32 Å². The minimum absolute atomic E-state index is 0.0591. The Kier molecular flexibility index (Phi) is 4.28. The Hall–Kier alpha value is -2.96. The fraction of sp³-hybridized carbons (Fsp3) is 0. The topological polar surface area (TPSA) is 72.7 Å². The van der Waals surface area contributed by atoms with E-state index in [2.05, 4.69) is 20.3 Å². The quantitative estimate of drug-likeness (QED) is 0.533. The van der Waals surface area contributed by atoms with Crippen molar-refractivity contribution in [3.8, 4) is 5.82 Å². The smallest absolute Gasteiger partial charge is 0.275 e. The van der Waals surface area contributed by atoms with Crippen LogP contribution in [0.4, 0.5) is 5.69 Å². The van der Waals surface area contributed by atoms with Crippen LogP contribution in [0.1, 0.15) is 10.5 Å². The molecule has 0 radical (unpaired) electrons. The van der Waals surface area contributed by atoms with Crippen LogP contribution in [0.2, 0.25) is 10.2 Å². The van der Waals surface area contributed by atoms with Crippen LogP contribution in [-0.2, 0) is 0 Å². The molecule has 3 aromatic heterocycles. The van der Waals surface area contributed by atoms with E-state index in [9.17, 15) is 4.79 Å². The molecule has 0 aliphatic carbocycles. The van der Waals surface area contributed by atoms with Gasteiger partial charge in [-0.05, 0) is 36.4 Å². The summed E-state index contributed by atoms with van der Waals surface area (Å²) in [5, 5.41) is 3.12. The predicted octanol–water partition coefficient (Wildman–Crippen LogP) is 4.37. The molecule has 8 heteroatoms. The number of halogens is 2. The van der Waals surface area contributed by atoms with Gasteiger partial charge in [0.1, 0.15) is 23.0 Å². The second-order valence-corrected chi connectivity index (χ2v) is 6.22. The largest absolute Gasteiger partial charge is 0.319 e. The Morgan fingerprint density at radius 3 is 2.65 bits per heavy atom. The summed E-state index contributed by atoms with van der Waals surface area (Å²) in [5.41, 5.74) is 2.41. The molecule has 0 aliphatic rings. The van der Waals surface area contributed by atoms with E-state index in [0.717, 1.165) is 11.0 Å². The van der Waals surface area contributed by atoms with E-state index in [1.54, 1.807) is 24.7 Å². The zero-order valence-electron chi connectivity index (χ0n) is 13.2. The van der Waals surface area contributed by atoms with Crippen LogP contribution in [0.25, 0.3) is 16.9 Å². The van der Waals surface area contributed by atoms with Crippen LogP contribution >= 0.6 is 23.2 Å². The number of pyridine rings is 2. The maximum Gasteiger partial charge on any atom is 0.275 e.